The molecule has 0 bridgehead atoms. The second kappa shape index (κ2) is 8.10. The van der Waals surface area contributed by atoms with Gasteiger partial charge < -0.3 is 10.1 Å². The van der Waals surface area contributed by atoms with Crippen molar-refractivity contribution < 1.29 is 17.9 Å². The average Bonchev–Trinajstić information content (AvgIpc) is 3.03. The number of benzene rings is 2. The molecule has 27 heavy (non-hydrogen) atoms. The molecule has 0 saturated heterocycles. The molecule has 1 amide bonds. The minimum atomic E-state index is -3.43. The molecule has 1 aliphatic rings. The van der Waals surface area contributed by atoms with E-state index in [1.807, 2.05) is 36.4 Å². The van der Waals surface area contributed by atoms with E-state index in [0.717, 1.165) is 16.9 Å². The predicted molar refractivity (Wildman–Crippen MR) is 104 cm³/mol. The van der Waals surface area contributed by atoms with Gasteiger partial charge in [0.2, 0.25) is 10.0 Å². The van der Waals surface area contributed by atoms with Crippen LogP contribution in [0.25, 0.3) is 0 Å². The van der Waals surface area contributed by atoms with E-state index in [1.165, 1.54) is 0 Å². The minimum absolute atomic E-state index is 0.122. The van der Waals surface area contributed by atoms with E-state index in [-0.39, 0.29) is 24.2 Å². The molecular formula is C20H24N2O4S. The van der Waals surface area contributed by atoms with E-state index in [1.54, 1.807) is 26.0 Å². The highest BCUT2D eigenvalue weighted by Gasteiger charge is 2.28. The summed E-state index contributed by atoms with van der Waals surface area (Å²) in [6.07, 6.45) is -0.0167. The van der Waals surface area contributed by atoms with Gasteiger partial charge in [-0.15, -0.1) is 0 Å². The zero-order valence-corrected chi connectivity index (χ0v) is 16.3. The van der Waals surface area contributed by atoms with Crippen LogP contribution in [-0.2, 0) is 33.5 Å². The Kier molecular flexibility index (Phi) is 5.82. The molecule has 0 spiro atoms. The lowest BCUT2D eigenvalue weighted by atomic mass is 10.1. The number of sulfonamides is 1. The monoisotopic (exact) mass is 388 g/mol. The molecule has 0 fully saturated rings. The fourth-order valence-corrected chi connectivity index (χ4v) is 4.59. The molecule has 0 unspecified atom stereocenters. The first-order valence-electron chi connectivity index (χ1n) is 8.93. The largest absolute Gasteiger partial charge is 0.480 e. The lowest BCUT2D eigenvalue weighted by molar-refractivity contribution is -0.127. The van der Waals surface area contributed by atoms with Crippen LogP contribution in [0.3, 0.4) is 0 Å². The summed E-state index contributed by atoms with van der Waals surface area (Å²) in [5.41, 5.74) is 2.46. The maximum absolute atomic E-state index is 12.5. The fraction of sp³-hybridized carbons (Fsp3) is 0.350. The van der Waals surface area contributed by atoms with Crippen molar-refractivity contribution >= 4 is 15.9 Å². The number of hydrogen-bond donors (Lipinski definition) is 2. The topological polar surface area (TPSA) is 84.5 Å². The Morgan fingerprint density at radius 3 is 2.48 bits per heavy atom. The van der Waals surface area contributed by atoms with Gasteiger partial charge in [-0.3, -0.25) is 4.79 Å². The van der Waals surface area contributed by atoms with Crippen LogP contribution in [0.15, 0.2) is 48.5 Å². The summed E-state index contributed by atoms with van der Waals surface area (Å²) in [6, 6.07) is 14.6. The lowest BCUT2D eigenvalue weighted by Crippen LogP contribution is -2.37. The quantitative estimate of drug-likeness (QED) is 0.761. The summed E-state index contributed by atoms with van der Waals surface area (Å²) >= 11 is 0. The summed E-state index contributed by atoms with van der Waals surface area (Å²) in [5, 5.41) is 2.86. The van der Waals surface area contributed by atoms with Gasteiger partial charge in [0.25, 0.3) is 5.91 Å². The first-order valence-corrected chi connectivity index (χ1v) is 10.6. The highest BCUT2D eigenvalue weighted by Crippen LogP contribution is 2.28. The Morgan fingerprint density at radius 1 is 1.11 bits per heavy atom. The number of nitrogens with one attached hydrogen (secondary N) is 2. The number of ether oxygens (including phenoxy) is 1. The number of carbonyl (C=O) groups is 1. The van der Waals surface area contributed by atoms with Gasteiger partial charge >= 0.3 is 0 Å². The number of para-hydroxylation sites is 1. The van der Waals surface area contributed by atoms with E-state index in [2.05, 4.69) is 10.0 Å². The van der Waals surface area contributed by atoms with Gasteiger partial charge in [-0.25, -0.2) is 13.1 Å². The number of amides is 1. The number of carbonyl (C=O) groups excluding carboxylic acids is 1. The third-order valence-corrected chi connectivity index (χ3v) is 5.79. The number of fused-ring (bicyclic) bond motifs is 1. The molecule has 2 N–H and O–H groups in total. The highest BCUT2D eigenvalue weighted by atomic mass is 32.2. The molecule has 2 aromatic rings. The summed E-state index contributed by atoms with van der Waals surface area (Å²) in [6.45, 7) is 3.81. The number of rotatable bonds is 7. The van der Waals surface area contributed by atoms with Gasteiger partial charge in [-0.1, -0.05) is 42.5 Å². The summed E-state index contributed by atoms with van der Waals surface area (Å²) in [7, 11) is -3.43. The fourth-order valence-electron chi connectivity index (χ4n) is 3.10. The standard InChI is InChI=1S/C20H24N2O4S/c1-14(2)22-27(24,25)13-17-9-4-3-8-16(17)12-21-20(23)19-11-15-7-5-6-10-18(15)26-19/h3-10,14,19,22H,11-13H2,1-2H3,(H,21,23)/t19-/m1/s1. The third kappa shape index (κ3) is 5.08. The first kappa shape index (κ1) is 19.4. The Morgan fingerprint density at radius 2 is 1.78 bits per heavy atom. The second-order valence-electron chi connectivity index (χ2n) is 6.94. The van der Waals surface area contributed by atoms with Crippen molar-refractivity contribution in [3.05, 3.63) is 65.2 Å². The van der Waals surface area contributed by atoms with Crippen molar-refractivity contribution in [1.82, 2.24) is 10.0 Å². The van der Waals surface area contributed by atoms with E-state index in [9.17, 15) is 13.2 Å². The van der Waals surface area contributed by atoms with Crippen LogP contribution in [-0.4, -0.2) is 26.5 Å². The Labute approximate surface area is 160 Å². The van der Waals surface area contributed by atoms with Crippen molar-refractivity contribution in [2.75, 3.05) is 0 Å². The molecule has 144 valence electrons. The van der Waals surface area contributed by atoms with Crippen molar-refractivity contribution in [3.63, 3.8) is 0 Å². The van der Waals surface area contributed by atoms with Crippen LogP contribution in [0.1, 0.15) is 30.5 Å². The summed E-state index contributed by atoms with van der Waals surface area (Å²) < 4.78 is 32.7. The molecule has 0 aliphatic carbocycles. The zero-order valence-electron chi connectivity index (χ0n) is 15.4. The van der Waals surface area contributed by atoms with Crippen LogP contribution in [0.5, 0.6) is 5.75 Å². The lowest BCUT2D eigenvalue weighted by Gasteiger charge is -2.15. The molecule has 1 atom stereocenters. The summed E-state index contributed by atoms with van der Waals surface area (Å²) in [5.74, 6) is 0.413. The molecule has 1 aliphatic heterocycles. The first-order chi connectivity index (χ1) is 12.8. The zero-order chi connectivity index (χ0) is 19.4. The third-order valence-electron chi connectivity index (χ3n) is 4.27. The van der Waals surface area contributed by atoms with Crippen molar-refractivity contribution in [2.45, 2.75) is 44.7 Å². The van der Waals surface area contributed by atoms with Gasteiger partial charge in [0.05, 0.1) is 5.75 Å². The van der Waals surface area contributed by atoms with Gasteiger partial charge in [0.15, 0.2) is 6.10 Å². The molecule has 3 rings (SSSR count). The van der Waals surface area contributed by atoms with E-state index in [4.69, 9.17) is 4.74 Å². The molecule has 2 aromatic carbocycles. The van der Waals surface area contributed by atoms with E-state index < -0.39 is 16.1 Å². The van der Waals surface area contributed by atoms with Gasteiger partial charge in [-0.05, 0) is 36.6 Å². The van der Waals surface area contributed by atoms with E-state index in [0.29, 0.717) is 12.0 Å². The smallest absolute Gasteiger partial charge is 0.261 e. The predicted octanol–water partition coefficient (Wildman–Crippen LogP) is 2.13. The maximum Gasteiger partial charge on any atom is 0.261 e. The van der Waals surface area contributed by atoms with Crippen LogP contribution in [0.4, 0.5) is 0 Å². The normalized spacial score (nSPS) is 16.0. The molecule has 0 aromatic heterocycles. The molecule has 7 heteroatoms. The molecule has 0 saturated carbocycles. The SMILES string of the molecule is CC(C)NS(=O)(=O)Cc1ccccc1CNC(=O)[C@H]1Cc2ccccc2O1. The van der Waals surface area contributed by atoms with E-state index >= 15 is 0 Å². The maximum atomic E-state index is 12.5. The molecule has 1 heterocycles. The van der Waals surface area contributed by atoms with Gasteiger partial charge in [0.1, 0.15) is 5.75 Å². The van der Waals surface area contributed by atoms with Crippen LogP contribution in [0.2, 0.25) is 0 Å². The Balaban J connectivity index is 1.63. The van der Waals surface area contributed by atoms with Crippen LogP contribution >= 0.6 is 0 Å². The molecular weight excluding hydrogens is 364 g/mol. The number of hydrogen-bond acceptors (Lipinski definition) is 4. The molecule has 6 nitrogen and oxygen atoms in total. The van der Waals surface area contributed by atoms with Crippen LogP contribution in [0, 0.1) is 0 Å². The minimum Gasteiger partial charge on any atom is -0.480 e. The molecule has 0 radical (unpaired) electrons. The summed E-state index contributed by atoms with van der Waals surface area (Å²) in [4.78, 5) is 12.5. The Bertz CT molecular complexity index is 900. The van der Waals surface area contributed by atoms with Gasteiger partial charge in [0, 0.05) is 19.0 Å². The van der Waals surface area contributed by atoms with Gasteiger partial charge in [-0.2, -0.15) is 0 Å². The van der Waals surface area contributed by atoms with Crippen LogP contribution < -0.4 is 14.8 Å². The highest BCUT2D eigenvalue weighted by molar-refractivity contribution is 7.88. The van der Waals surface area contributed by atoms with Crippen molar-refractivity contribution in [2.24, 2.45) is 0 Å². The van der Waals surface area contributed by atoms with Crippen molar-refractivity contribution in [1.29, 1.82) is 0 Å². The Hall–Kier alpha value is -2.38. The average molecular weight is 388 g/mol. The second-order valence-corrected chi connectivity index (χ2v) is 8.69. The van der Waals surface area contributed by atoms with Crippen molar-refractivity contribution in [3.8, 4) is 5.75 Å².